The van der Waals surface area contributed by atoms with Gasteiger partial charge in [-0.1, -0.05) is 0 Å². The van der Waals surface area contributed by atoms with Crippen LogP contribution < -0.4 is 5.73 Å². The molecule has 0 aliphatic carbocycles. The molecule has 1 aliphatic heterocycles. The normalized spacial score (nSPS) is 22.9. The van der Waals surface area contributed by atoms with E-state index in [1.165, 1.54) is 0 Å². The summed E-state index contributed by atoms with van der Waals surface area (Å²) in [7, 11) is 0. The molecule has 1 fully saturated rings. The fraction of sp³-hybridized carbons (Fsp3) is 1.00. The number of alkyl halides is 2. The maximum atomic E-state index is 12.8. The van der Waals surface area contributed by atoms with Crippen molar-refractivity contribution in [2.75, 3.05) is 19.6 Å². The molecule has 0 radical (unpaired) electrons. The number of halogens is 2. The first-order valence-corrected chi connectivity index (χ1v) is 5.18. The van der Waals surface area contributed by atoms with E-state index in [2.05, 4.69) is 0 Å². The van der Waals surface area contributed by atoms with Crippen molar-refractivity contribution in [3.05, 3.63) is 0 Å². The molecule has 84 valence electrons. The Morgan fingerprint density at radius 3 is 2.50 bits per heavy atom. The second-order valence-electron chi connectivity index (χ2n) is 4.97. The van der Waals surface area contributed by atoms with Crippen molar-refractivity contribution in [1.82, 2.24) is 4.90 Å². The van der Waals surface area contributed by atoms with E-state index in [4.69, 9.17) is 5.73 Å². The molecule has 0 aromatic heterocycles. The molecule has 14 heavy (non-hydrogen) atoms. The van der Waals surface area contributed by atoms with Gasteiger partial charge >= 0.3 is 0 Å². The summed E-state index contributed by atoms with van der Waals surface area (Å²) in [4.78, 5) is 1.83. The predicted molar refractivity (Wildman–Crippen MR) is 53.5 cm³/mol. The van der Waals surface area contributed by atoms with Crippen molar-refractivity contribution >= 4 is 0 Å². The van der Waals surface area contributed by atoms with Crippen LogP contribution in [0.25, 0.3) is 0 Å². The van der Waals surface area contributed by atoms with Crippen LogP contribution in [-0.2, 0) is 0 Å². The summed E-state index contributed by atoms with van der Waals surface area (Å²) in [5.74, 6) is -2.46. The Kier molecular flexibility index (Phi) is 3.48. The molecule has 0 bridgehead atoms. The molecule has 1 saturated heterocycles. The summed E-state index contributed by atoms with van der Waals surface area (Å²) in [5, 5.41) is 0. The van der Waals surface area contributed by atoms with Crippen molar-refractivity contribution in [3.63, 3.8) is 0 Å². The van der Waals surface area contributed by atoms with Gasteiger partial charge in [-0.2, -0.15) is 0 Å². The SMILES string of the molecule is CC(C)(N)CCCN1CCC(F)(F)C1. The topological polar surface area (TPSA) is 29.3 Å². The first-order valence-electron chi connectivity index (χ1n) is 5.18. The third kappa shape index (κ3) is 4.33. The van der Waals surface area contributed by atoms with E-state index in [1.54, 1.807) is 0 Å². The molecule has 0 unspecified atom stereocenters. The summed E-state index contributed by atoms with van der Waals surface area (Å²) >= 11 is 0. The highest BCUT2D eigenvalue weighted by Gasteiger charge is 2.37. The fourth-order valence-electron chi connectivity index (χ4n) is 1.76. The molecule has 0 aromatic rings. The third-order valence-electron chi connectivity index (χ3n) is 2.54. The second-order valence-corrected chi connectivity index (χ2v) is 4.97. The first-order chi connectivity index (χ1) is 6.29. The lowest BCUT2D eigenvalue weighted by Gasteiger charge is -2.21. The Labute approximate surface area is 84.4 Å². The van der Waals surface area contributed by atoms with Crippen molar-refractivity contribution in [3.8, 4) is 0 Å². The molecule has 0 amide bonds. The zero-order chi connectivity index (χ0) is 10.8. The van der Waals surface area contributed by atoms with Crippen LogP contribution in [0.1, 0.15) is 33.1 Å². The largest absolute Gasteiger partial charge is 0.326 e. The third-order valence-corrected chi connectivity index (χ3v) is 2.54. The van der Waals surface area contributed by atoms with Crippen LogP contribution >= 0.6 is 0 Å². The lowest BCUT2D eigenvalue weighted by atomic mass is 10.0. The van der Waals surface area contributed by atoms with Crippen LogP contribution in [0.15, 0.2) is 0 Å². The van der Waals surface area contributed by atoms with Crippen LogP contribution in [0.2, 0.25) is 0 Å². The maximum Gasteiger partial charge on any atom is 0.261 e. The van der Waals surface area contributed by atoms with Gasteiger partial charge in [0, 0.05) is 18.5 Å². The van der Waals surface area contributed by atoms with Gasteiger partial charge in [0.05, 0.1) is 6.54 Å². The molecular formula is C10H20F2N2. The predicted octanol–water partition coefficient (Wildman–Crippen LogP) is 1.84. The Morgan fingerprint density at radius 2 is 2.07 bits per heavy atom. The molecule has 2 nitrogen and oxygen atoms in total. The van der Waals surface area contributed by atoms with Gasteiger partial charge in [-0.25, -0.2) is 8.78 Å². The molecule has 0 spiro atoms. The van der Waals surface area contributed by atoms with Crippen LogP contribution in [0.4, 0.5) is 8.78 Å². The first kappa shape index (κ1) is 11.9. The van der Waals surface area contributed by atoms with Gasteiger partial charge in [-0.05, 0) is 33.2 Å². The monoisotopic (exact) mass is 206 g/mol. The molecule has 1 aliphatic rings. The highest BCUT2D eigenvalue weighted by molar-refractivity contribution is 4.82. The van der Waals surface area contributed by atoms with E-state index in [9.17, 15) is 8.78 Å². The minimum Gasteiger partial charge on any atom is -0.326 e. The zero-order valence-electron chi connectivity index (χ0n) is 9.02. The zero-order valence-corrected chi connectivity index (χ0v) is 9.02. The number of rotatable bonds is 4. The molecule has 0 atom stereocenters. The minimum absolute atomic E-state index is 0.0129. The Bertz CT molecular complexity index is 187. The molecule has 0 aromatic carbocycles. The standard InChI is InChI=1S/C10H20F2N2/c1-9(2,13)4-3-6-14-7-5-10(11,12)8-14/h3-8,13H2,1-2H3. The number of nitrogens with zero attached hydrogens (tertiary/aromatic N) is 1. The highest BCUT2D eigenvalue weighted by Crippen LogP contribution is 2.26. The minimum atomic E-state index is -2.46. The molecule has 0 saturated carbocycles. The quantitative estimate of drug-likeness (QED) is 0.760. The summed E-state index contributed by atoms with van der Waals surface area (Å²) in [6, 6.07) is 0. The number of nitrogens with two attached hydrogens (primary N) is 1. The molecule has 1 heterocycles. The number of likely N-dealkylation sites (tertiary alicyclic amines) is 1. The van der Waals surface area contributed by atoms with Crippen LogP contribution in [0.3, 0.4) is 0 Å². The van der Waals surface area contributed by atoms with Crippen molar-refractivity contribution in [2.24, 2.45) is 5.73 Å². The van der Waals surface area contributed by atoms with Gasteiger partial charge in [0.25, 0.3) is 5.92 Å². The lowest BCUT2D eigenvalue weighted by Crippen LogP contribution is -2.33. The maximum absolute atomic E-state index is 12.8. The Balaban J connectivity index is 2.15. The average molecular weight is 206 g/mol. The van der Waals surface area contributed by atoms with Gasteiger partial charge in [0.15, 0.2) is 0 Å². The highest BCUT2D eigenvalue weighted by atomic mass is 19.3. The van der Waals surface area contributed by atoms with E-state index >= 15 is 0 Å². The fourth-order valence-corrected chi connectivity index (χ4v) is 1.76. The number of hydrogen-bond donors (Lipinski definition) is 1. The van der Waals surface area contributed by atoms with E-state index in [1.807, 2.05) is 18.7 Å². The summed E-state index contributed by atoms with van der Waals surface area (Å²) < 4.78 is 25.6. The van der Waals surface area contributed by atoms with Crippen molar-refractivity contribution in [2.45, 2.75) is 44.6 Å². The summed E-state index contributed by atoms with van der Waals surface area (Å²) in [5.41, 5.74) is 5.63. The molecular weight excluding hydrogens is 186 g/mol. The van der Waals surface area contributed by atoms with E-state index in [-0.39, 0.29) is 18.5 Å². The van der Waals surface area contributed by atoms with Crippen molar-refractivity contribution in [1.29, 1.82) is 0 Å². The molecule has 2 N–H and O–H groups in total. The van der Waals surface area contributed by atoms with Gasteiger partial charge in [-0.3, -0.25) is 4.90 Å². The van der Waals surface area contributed by atoms with Crippen LogP contribution in [0.5, 0.6) is 0 Å². The van der Waals surface area contributed by atoms with Crippen molar-refractivity contribution < 1.29 is 8.78 Å². The Hall–Kier alpha value is -0.220. The average Bonchev–Trinajstić information content (AvgIpc) is 2.27. The Morgan fingerprint density at radius 1 is 1.43 bits per heavy atom. The van der Waals surface area contributed by atoms with Gasteiger partial charge in [0.2, 0.25) is 0 Å². The molecule has 4 heteroatoms. The van der Waals surface area contributed by atoms with E-state index in [0.717, 1.165) is 19.4 Å². The van der Waals surface area contributed by atoms with E-state index < -0.39 is 5.92 Å². The van der Waals surface area contributed by atoms with E-state index in [0.29, 0.717) is 6.54 Å². The smallest absolute Gasteiger partial charge is 0.261 e. The lowest BCUT2D eigenvalue weighted by molar-refractivity contribution is 0.0120. The summed E-state index contributed by atoms with van der Waals surface area (Å²) in [6.07, 6.45) is 1.80. The number of hydrogen-bond acceptors (Lipinski definition) is 2. The van der Waals surface area contributed by atoms with Crippen LogP contribution in [-0.4, -0.2) is 36.0 Å². The van der Waals surface area contributed by atoms with Crippen LogP contribution in [0, 0.1) is 0 Å². The van der Waals surface area contributed by atoms with Gasteiger partial charge in [-0.15, -0.1) is 0 Å². The summed E-state index contributed by atoms with van der Waals surface area (Å²) in [6.45, 7) is 5.13. The molecule has 1 rings (SSSR count). The second kappa shape index (κ2) is 4.11. The van der Waals surface area contributed by atoms with Gasteiger partial charge < -0.3 is 5.73 Å². The van der Waals surface area contributed by atoms with Gasteiger partial charge in [0.1, 0.15) is 0 Å².